The Morgan fingerprint density at radius 1 is 0.795 bits per heavy atom. The topological polar surface area (TPSA) is 86.8 Å². The summed E-state index contributed by atoms with van der Waals surface area (Å²) in [6.45, 7) is 5.88. The quantitative estimate of drug-likeness (QED) is 0.189. The molecule has 1 atom stereocenters. The Balaban J connectivity index is 1.77. The Bertz CT molecular complexity index is 1630. The van der Waals surface area contributed by atoms with Crippen LogP contribution in [0.25, 0.3) is 0 Å². The van der Waals surface area contributed by atoms with E-state index < -0.39 is 28.5 Å². The highest BCUT2D eigenvalue weighted by Crippen LogP contribution is 2.25. The lowest BCUT2D eigenvalue weighted by molar-refractivity contribution is -0.140. The van der Waals surface area contributed by atoms with E-state index in [-0.39, 0.29) is 29.7 Å². The van der Waals surface area contributed by atoms with Crippen LogP contribution >= 0.6 is 11.6 Å². The second-order valence-electron chi connectivity index (χ2n) is 11.2. The second kappa shape index (κ2) is 15.0. The van der Waals surface area contributed by atoms with E-state index in [1.54, 1.807) is 66.7 Å². The first-order valence-electron chi connectivity index (χ1n) is 14.5. The number of hydrogen-bond acceptors (Lipinski definition) is 4. The van der Waals surface area contributed by atoms with Gasteiger partial charge in [0.15, 0.2) is 0 Å². The van der Waals surface area contributed by atoms with Gasteiger partial charge in [0.05, 0.1) is 10.6 Å². The van der Waals surface area contributed by atoms with Crippen molar-refractivity contribution in [2.45, 2.75) is 44.7 Å². The van der Waals surface area contributed by atoms with Crippen molar-refractivity contribution in [2.75, 3.05) is 17.4 Å². The van der Waals surface area contributed by atoms with Crippen LogP contribution in [-0.4, -0.2) is 44.3 Å². The first-order valence-corrected chi connectivity index (χ1v) is 16.4. The van der Waals surface area contributed by atoms with Gasteiger partial charge in [-0.25, -0.2) is 8.42 Å². The van der Waals surface area contributed by atoms with Gasteiger partial charge in [0.25, 0.3) is 10.0 Å². The fraction of sp³-hybridized carbons (Fsp3) is 0.257. The zero-order valence-electron chi connectivity index (χ0n) is 25.2. The minimum Gasteiger partial charge on any atom is -0.354 e. The van der Waals surface area contributed by atoms with Gasteiger partial charge < -0.3 is 10.2 Å². The van der Waals surface area contributed by atoms with Gasteiger partial charge in [-0.1, -0.05) is 104 Å². The van der Waals surface area contributed by atoms with Crippen LogP contribution in [0.5, 0.6) is 0 Å². The fourth-order valence-corrected chi connectivity index (χ4v) is 6.26. The van der Waals surface area contributed by atoms with E-state index in [4.69, 9.17) is 11.6 Å². The Kier molecular flexibility index (Phi) is 11.2. The maximum Gasteiger partial charge on any atom is 0.264 e. The lowest BCUT2D eigenvalue weighted by atomic mass is 10.0. The van der Waals surface area contributed by atoms with Gasteiger partial charge in [-0.15, -0.1) is 0 Å². The van der Waals surface area contributed by atoms with Crippen LogP contribution in [0, 0.1) is 12.8 Å². The number of aryl methyl sites for hydroxylation is 1. The van der Waals surface area contributed by atoms with E-state index in [9.17, 15) is 18.0 Å². The van der Waals surface area contributed by atoms with Crippen molar-refractivity contribution >= 4 is 39.1 Å². The van der Waals surface area contributed by atoms with Crippen LogP contribution in [0.2, 0.25) is 5.02 Å². The SMILES string of the molecule is Cc1ccc(S(=O)(=O)N(CC(=O)N(Cc2ccc(Cl)cc2)[C@H](Cc2ccccc2)C(=O)NCC(C)C)c2ccccc2)cc1. The molecule has 0 unspecified atom stereocenters. The van der Waals surface area contributed by atoms with E-state index in [0.717, 1.165) is 21.0 Å². The molecule has 0 aliphatic carbocycles. The van der Waals surface area contributed by atoms with Crippen LogP contribution < -0.4 is 9.62 Å². The van der Waals surface area contributed by atoms with Gasteiger partial charge in [-0.2, -0.15) is 0 Å². The number of sulfonamides is 1. The number of halogens is 1. The molecule has 0 bridgehead atoms. The van der Waals surface area contributed by atoms with Crippen molar-refractivity contribution in [1.29, 1.82) is 0 Å². The average Bonchev–Trinajstić information content (AvgIpc) is 3.02. The Labute approximate surface area is 265 Å². The predicted molar refractivity (Wildman–Crippen MR) is 176 cm³/mol. The summed E-state index contributed by atoms with van der Waals surface area (Å²) in [5.74, 6) is -0.623. The number of nitrogens with one attached hydrogen (secondary N) is 1. The Morgan fingerprint density at radius 2 is 1.39 bits per heavy atom. The molecule has 7 nitrogen and oxygen atoms in total. The highest BCUT2D eigenvalue weighted by atomic mass is 35.5. The molecular weight excluding hydrogens is 594 g/mol. The normalized spacial score (nSPS) is 12.0. The van der Waals surface area contributed by atoms with E-state index in [1.807, 2.05) is 51.1 Å². The summed E-state index contributed by atoms with van der Waals surface area (Å²) < 4.78 is 29.2. The van der Waals surface area contributed by atoms with E-state index in [2.05, 4.69) is 5.32 Å². The molecule has 2 amide bonds. The molecule has 4 aromatic rings. The molecule has 0 heterocycles. The number of amides is 2. The lowest BCUT2D eigenvalue weighted by Crippen LogP contribution is -2.53. The first kappa shape index (κ1) is 32.8. The molecule has 0 aromatic heterocycles. The van der Waals surface area contributed by atoms with Crippen molar-refractivity contribution in [2.24, 2.45) is 5.92 Å². The molecule has 0 saturated heterocycles. The first-order chi connectivity index (χ1) is 21.0. The second-order valence-corrected chi connectivity index (χ2v) is 13.5. The van der Waals surface area contributed by atoms with Gasteiger partial charge in [-0.05, 0) is 60.4 Å². The summed E-state index contributed by atoms with van der Waals surface area (Å²) in [6, 6.07) is 30.7. The summed E-state index contributed by atoms with van der Waals surface area (Å²) >= 11 is 6.14. The lowest BCUT2D eigenvalue weighted by Gasteiger charge is -2.34. The number of benzene rings is 4. The maximum absolute atomic E-state index is 14.4. The largest absolute Gasteiger partial charge is 0.354 e. The molecular formula is C35H38ClN3O4S. The van der Waals surface area contributed by atoms with E-state index in [0.29, 0.717) is 17.3 Å². The van der Waals surface area contributed by atoms with Crippen LogP contribution in [-0.2, 0) is 32.6 Å². The fourth-order valence-electron chi connectivity index (χ4n) is 4.72. The van der Waals surface area contributed by atoms with Crippen LogP contribution in [0.15, 0.2) is 114 Å². The van der Waals surface area contributed by atoms with Crippen molar-refractivity contribution in [3.63, 3.8) is 0 Å². The van der Waals surface area contributed by atoms with Crippen LogP contribution in [0.3, 0.4) is 0 Å². The van der Waals surface area contributed by atoms with Gasteiger partial charge in [0, 0.05) is 24.5 Å². The summed E-state index contributed by atoms with van der Waals surface area (Å²) in [5, 5.41) is 3.54. The molecule has 4 rings (SSSR count). The molecule has 44 heavy (non-hydrogen) atoms. The third-order valence-corrected chi connectivity index (χ3v) is 9.19. The standard InChI is InChI=1S/C35H38ClN3O4S/c1-26(2)23-37-35(41)33(22-28-10-6-4-7-11-28)38(24-29-16-18-30(36)19-17-29)34(40)25-39(31-12-8-5-9-13-31)44(42,43)32-20-14-27(3)15-21-32/h4-21,26,33H,22-25H2,1-3H3,(H,37,41)/t33-/m1/s1. The predicted octanol–water partition coefficient (Wildman–Crippen LogP) is 6.26. The van der Waals surface area contributed by atoms with Crippen LogP contribution in [0.4, 0.5) is 5.69 Å². The molecule has 230 valence electrons. The molecule has 1 N–H and O–H groups in total. The number of rotatable bonds is 13. The summed E-state index contributed by atoms with van der Waals surface area (Å²) in [5.41, 5.74) is 2.89. The molecule has 0 fully saturated rings. The van der Waals surface area contributed by atoms with Crippen molar-refractivity contribution in [3.05, 3.63) is 131 Å². The molecule has 0 spiro atoms. The van der Waals surface area contributed by atoms with Gasteiger partial charge in [-0.3, -0.25) is 13.9 Å². The minimum atomic E-state index is -4.14. The van der Waals surface area contributed by atoms with Crippen molar-refractivity contribution in [3.8, 4) is 0 Å². The molecule has 0 radical (unpaired) electrons. The summed E-state index contributed by atoms with van der Waals surface area (Å²) in [4.78, 5) is 29.8. The number of carbonyl (C=O) groups is 2. The monoisotopic (exact) mass is 631 g/mol. The third-order valence-electron chi connectivity index (χ3n) is 7.15. The number of nitrogens with zero attached hydrogens (tertiary/aromatic N) is 2. The van der Waals surface area contributed by atoms with Crippen molar-refractivity contribution in [1.82, 2.24) is 10.2 Å². The zero-order chi connectivity index (χ0) is 31.7. The Hall–Kier alpha value is -4.14. The molecule has 4 aromatic carbocycles. The summed E-state index contributed by atoms with van der Waals surface area (Å²) in [6.07, 6.45) is 0.250. The highest BCUT2D eigenvalue weighted by molar-refractivity contribution is 7.92. The van der Waals surface area contributed by atoms with E-state index >= 15 is 0 Å². The number of hydrogen-bond donors (Lipinski definition) is 1. The van der Waals surface area contributed by atoms with Gasteiger partial charge >= 0.3 is 0 Å². The molecule has 0 aliphatic heterocycles. The zero-order valence-corrected chi connectivity index (χ0v) is 26.8. The number of para-hydroxylation sites is 1. The molecule has 9 heteroatoms. The average molecular weight is 632 g/mol. The maximum atomic E-state index is 14.4. The minimum absolute atomic E-state index is 0.0690. The van der Waals surface area contributed by atoms with E-state index in [1.165, 1.54) is 17.0 Å². The molecule has 0 saturated carbocycles. The van der Waals surface area contributed by atoms with Gasteiger partial charge in [0.1, 0.15) is 12.6 Å². The number of carbonyl (C=O) groups excluding carboxylic acids is 2. The third kappa shape index (κ3) is 8.71. The van der Waals surface area contributed by atoms with Crippen LogP contribution in [0.1, 0.15) is 30.5 Å². The summed E-state index contributed by atoms with van der Waals surface area (Å²) in [7, 11) is -4.14. The highest BCUT2D eigenvalue weighted by Gasteiger charge is 2.34. The smallest absolute Gasteiger partial charge is 0.264 e. The van der Waals surface area contributed by atoms with Gasteiger partial charge in [0.2, 0.25) is 11.8 Å². The molecule has 0 aliphatic rings. The number of anilines is 1. The Morgan fingerprint density at radius 3 is 1.98 bits per heavy atom. The van der Waals surface area contributed by atoms with Crippen molar-refractivity contribution < 1.29 is 18.0 Å².